The van der Waals surface area contributed by atoms with E-state index in [0.717, 1.165) is 25.2 Å². The second-order valence-electron chi connectivity index (χ2n) is 6.76. The van der Waals surface area contributed by atoms with Gasteiger partial charge in [0.2, 0.25) is 0 Å². The van der Waals surface area contributed by atoms with Crippen LogP contribution in [-0.2, 0) is 0 Å². The first kappa shape index (κ1) is 15.1. The molecule has 0 amide bonds. The molecule has 3 unspecified atom stereocenters. The van der Waals surface area contributed by atoms with Crippen LogP contribution in [0.1, 0.15) is 58.3 Å². The van der Waals surface area contributed by atoms with Crippen molar-refractivity contribution in [1.29, 1.82) is 0 Å². The number of hydrogen-bond donors (Lipinski definition) is 1. The van der Waals surface area contributed by atoms with E-state index in [1.54, 1.807) is 0 Å². The molecule has 0 bridgehead atoms. The van der Waals surface area contributed by atoms with Crippen LogP contribution in [0.4, 0.5) is 13.2 Å². The van der Waals surface area contributed by atoms with Gasteiger partial charge in [-0.15, -0.1) is 0 Å². The molecule has 0 spiro atoms. The molecule has 0 radical (unpaired) electrons. The Labute approximate surface area is 114 Å². The zero-order valence-electron chi connectivity index (χ0n) is 11.8. The number of hydrogen-bond acceptors (Lipinski definition) is 1. The molecule has 0 aliphatic heterocycles. The zero-order valence-corrected chi connectivity index (χ0v) is 11.8. The lowest BCUT2D eigenvalue weighted by Gasteiger charge is -2.39. The van der Waals surface area contributed by atoms with Crippen molar-refractivity contribution in [2.24, 2.45) is 29.4 Å². The average Bonchev–Trinajstić information content (AvgIpc) is 2.38. The zero-order chi connectivity index (χ0) is 14.0. The van der Waals surface area contributed by atoms with Crippen LogP contribution in [-0.4, -0.2) is 12.2 Å². The van der Waals surface area contributed by atoms with Gasteiger partial charge >= 0.3 is 6.18 Å². The van der Waals surface area contributed by atoms with Crippen molar-refractivity contribution in [1.82, 2.24) is 0 Å². The molecular formula is C15H26F3N. The predicted octanol–water partition coefficient (Wildman–Crippen LogP) is 4.51. The Kier molecular flexibility index (Phi) is 4.80. The number of alkyl halides is 3. The largest absolute Gasteiger partial charge is 0.391 e. The van der Waals surface area contributed by atoms with Crippen molar-refractivity contribution in [3.05, 3.63) is 0 Å². The number of rotatable bonds is 2. The van der Waals surface area contributed by atoms with Crippen molar-refractivity contribution in [2.75, 3.05) is 0 Å². The molecule has 2 aliphatic carbocycles. The molecule has 2 fully saturated rings. The third kappa shape index (κ3) is 3.87. The maximum absolute atomic E-state index is 12.8. The molecular weight excluding hydrogens is 251 g/mol. The van der Waals surface area contributed by atoms with E-state index in [2.05, 4.69) is 6.92 Å². The molecule has 0 saturated heterocycles. The first-order valence-corrected chi connectivity index (χ1v) is 7.70. The van der Waals surface area contributed by atoms with Crippen molar-refractivity contribution in [3.63, 3.8) is 0 Å². The Balaban J connectivity index is 1.90. The second kappa shape index (κ2) is 6.02. The SMILES string of the molecule is CC1CCC(C(N)C2CCCC(C(F)(F)F)C2)CC1. The maximum atomic E-state index is 12.8. The molecule has 2 saturated carbocycles. The first-order valence-electron chi connectivity index (χ1n) is 7.70. The topological polar surface area (TPSA) is 26.0 Å². The Morgan fingerprint density at radius 3 is 2.16 bits per heavy atom. The van der Waals surface area contributed by atoms with E-state index in [1.807, 2.05) is 0 Å². The Morgan fingerprint density at radius 2 is 1.58 bits per heavy atom. The van der Waals surface area contributed by atoms with Crippen LogP contribution in [0.3, 0.4) is 0 Å². The lowest BCUT2D eigenvalue weighted by molar-refractivity contribution is -0.186. The van der Waals surface area contributed by atoms with Crippen LogP contribution in [0.25, 0.3) is 0 Å². The predicted molar refractivity (Wildman–Crippen MR) is 70.6 cm³/mol. The quantitative estimate of drug-likeness (QED) is 0.789. The molecule has 0 aromatic heterocycles. The van der Waals surface area contributed by atoms with Gasteiger partial charge in [-0.3, -0.25) is 0 Å². The van der Waals surface area contributed by atoms with Gasteiger partial charge in [0.1, 0.15) is 0 Å². The van der Waals surface area contributed by atoms with Gasteiger partial charge in [-0.25, -0.2) is 0 Å². The van der Waals surface area contributed by atoms with Crippen molar-refractivity contribution in [3.8, 4) is 0 Å². The highest BCUT2D eigenvalue weighted by atomic mass is 19.4. The summed E-state index contributed by atoms with van der Waals surface area (Å²) < 4.78 is 38.5. The Morgan fingerprint density at radius 1 is 0.947 bits per heavy atom. The van der Waals surface area contributed by atoms with E-state index in [4.69, 9.17) is 5.73 Å². The summed E-state index contributed by atoms with van der Waals surface area (Å²) in [6.07, 6.45) is 2.70. The maximum Gasteiger partial charge on any atom is 0.391 e. The Bertz CT molecular complexity index is 282. The van der Waals surface area contributed by atoms with Crippen molar-refractivity contribution >= 4 is 0 Å². The Hall–Kier alpha value is -0.250. The summed E-state index contributed by atoms with van der Waals surface area (Å²) in [5.74, 6) is 0.185. The van der Waals surface area contributed by atoms with E-state index < -0.39 is 12.1 Å². The molecule has 19 heavy (non-hydrogen) atoms. The van der Waals surface area contributed by atoms with Crippen LogP contribution in [0.15, 0.2) is 0 Å². The average molecular weight is 277 g/mol. The molecule has 0 heterocycles. The van der Waals surface area contributed by atoms with Gasteiger partial charge in [0.05, 0.1) is 5.92 Å². The minimum Gasteiger partial charge on any atom is -0.327 e. The highest BCUT2D eigenvalue weighted by molar-refractivity contribution is 4.88. The summed E-state index contributed by atoms with van der Waals surface area (Å²) in [5, 5.41) is 0. The van der Waals surface area contributed by atoms with Crippen LogP contribution in [0.2, 0.25) is 0 Å². The highest BCUT2D eigenvalue weighted by Gasteiger charge is 2.44. The molecule has 2 rings (SSSR count). The summed E-state index contributed by atoms with van der Waals surface area (Å²) in [4.78, 5) is 0. The van der Waals surface area contributed by atoms with Gasteiger partial charge < -0.3 is 5.73 Å². The fourth-order valence-corrected chi connectivity index (χ4v) is 3.93. The summed E-state index contributed by atoms with van der Waals surface area (Å²) >= 11 is 0. The normalized spacial score (nSPS) is 39.0. The molecule has 0 aromatic rings. The molecule has 1 nitrogen and oxygen atoms in total. The van der Waals surface area contributed by atoms with Crippen molar-refractivity contribution in [2.45, 2.75) is 70.5 Å². The fourth-order valence-electron chi connectivity index (χ4n) is 3.93. The third-order valence-electron chi connectivity index (χ3n) is 5.33. The molecule has 4 heteroatoms. The smallest absolute Gasteiger partial charge is 0.327 e. The molecule has 2 aliphatic rings. The molecule has 0 aromatic carbocycles. The van der Waals surface area contributed by atoms with Gasteiger partial charge in [-0.2, -0.15) is 13.2 Å². The van der Waals surface area contributed by atoms with E-state index in [-0.39, 0.29) is 18.4 Å². The number of halogens is 3. The molecule has 3 atom stereocenters. The standard InChI is InChI=1S/C15H26F3N/c1-10-5-7-11(8-6-10)14(19)12-3-2-4-13(9-12)15(16,17)18/h10-14H,2-9,19H2,1H3. The summed E-state index contributed by atoms with van der Waals surface area (Å²) in [5.41, 5.74) is 6.31. The van der Waals surface area contributed by atoms with Crippen LogP contribution in [0.5, 0.6) is 0 Å². The van der Waals surface area contributed by atoms with Crippen LogP contribution >= 0.6 is 0 Å². The lowest BCUT2D eigenvalue weighted by Crippen LogP contribution is -2.43. The molecule has 2 N–H and O–H groups in total. The van der Waals surface area contributed by atoms with Crippen LogP contribution < -0.4 is 5.73 Å². The highest BCUT2D eigenvalue weighted by Crippen LogP contribution is 2.43. The lowest BCUT2D eigenvalue weighted by atomic mass is 9.70. The van der Waals surface area contributed by atoms with Gasteiger partial charge in [0.15, 0.2) is 0 Å². The van der Waals surface area contributed by atoms with E-state index >= 15 is 0 Å². The minimum atomic E-state index is -4.03. The van der Waals surface area contributed by atoms with Gasteiger partial charge in [0.25, 0.3) is 0 Å². The third-order valence-corrected chi connectivity index (χ3v) is 5.33. The number of nitrogens with two attached hydrogens (primary N) is 1. The van der Waals surface area contributed by atoms with E-state index in [1.165, 1.54) is 12.8 Å². The van der Waals surface area contributed by atoms with Gasteiger partial charge in [0, 0.05) is 6.04 Å². The second-order valence-corrected chi connectivity index (χ2v) is 6.76. The van der Waals surface area contributed by atoms with Crippen molar-refractivity contribution < 1.29 is 13.2 Å². The molecule has 112 valence electrons. The summed E-state index contributed by atoms with van der Waals surface area (Å²) in [7, 11) is 0. The minimum absolute atomic E-state index is 0.0161. The van der Waals surface area contributed by atoms with E-state index in [9.17, 15) is 13.2 Å². The van der Waals surface area contributed by atoms with Gasteiger partial charge in [-0.05, 0) is 49.9 Å². The fraction of sp³-hybridized carbons (Fsp3) is 1.00. The summed E-state index contributed by atoms with van der Waals surface area (Å²) in [6, 6.07) is -0.0161. The monoisotopic (exact) mass is 277 g/mol. The van der Waals surface area contributed by atoms with Gasteiger partial charge in [-0.1, -0.05) is 26.2 Å². The van der Waals surface area contributed by atoms with E-state index in [0.29, 0.717) is 18.8 Å². The first-order chi connectivity index (χ1) is 8.88. The van der Waals surface area contributed by atoms with Crippen LogP contribution in [0, 0.1) is 23.7 Å². The summed E-state index contributed by atoms with van der Waals surface area (Å²) in [6.45, 7) is 2.25.